The molecule has 13 heavy (non-hydrogen) atoms. The summed E-state index contributed by atoms with van der Waals surface area (Å²) in [5.41, 5.74) is 8.09. The summed E-state index contributed by atoms with van der Waals surface area (Å²) in [7, 11) is 0. The molecule has 2 N–H and O–H groups in total. The van der Waals surface area contributed by atoms with Crippen LogP contribution in [0.3, 0.4) is 0 Å². The fourth-order valence-electron chi connectivity index (χ4n) is 2.01. The molecule has 1 aromatic rings. The van der Waals surface area contributed by atoms with Crippen molar-refractivity contribution in [2.24, 2.45) is 5.73 Å². The number of hydrogen-bond donors (Lipinski definition) is 1. The summed E-state index contributed by atoms with van der Waals surface area (Å²) in [4.78, 5) is 11.5. The van der Waals surface area contributed by atoms with Gasteiger partial charge in [0.15, 0.2) is 0 Å². The Bertz CT molecular complexity index is 368. The molecule has 0 spiro atoms. The second kappa shape index (κ2) is 3.34. The lowest BCUT2D eigenvalue weighted by atomic mass is 10.2. The molecule has 1 aliphatic rings. The van der Waals surface area contributed by atoms with Crippen LogP contribution in [0.5, 0.6) is 0 Å². The summed E-state index contributed by atoms with van der Waals surface area (Å²) >= 11 is 0. The van der Waals surface area contributed by atoms with Crippen LogP contribution in [0.1, 0.15) is 17.7 Å². The van der Waals surface area contributed by atoms with Gasteiger partial charge in [0, 0.05) is 24.8 Å². The minimum atomic E-state index is 0.0890. The molecule has 0 unspecified atom stereocenters. The molecule has 0 saturated carbocycles. The first kappa shape index (κ1) is 8.51. The molecule has 0 radical (unpaired) electrons. The van der Waals surface area contributed by atoms with Crippen LogP contribution in [0.4, 0.5) is 0 Å². The Kier molecular flexibility index (Phi) is 2.19. The monoisotopic (exact) mass is 178 g/mol. The Morgan fingerprint density at radius 1 is 1.38 bits per heavy atom. The lowest BCUT2D eigenvalue weighted by Gasteiger charge is -2.09. The van der Waals surface area contributed by atoms with Crippen LogP contribution in [-0.2, 0) is 19.4 Å². The maximum atomic E-state index is 11.5. The van der Waals surface area contributed by atoms with Crippen molar-refractivity contribution in [1.82, 2.24) is 4.57 Å². The molecule has 3 heteroatoms. The lowest BCUT2D eigenvalue weighted by molar-refractivity contribution is 0.646. The number of aryl methyl sites for hydroxylation is 1. The summed E-state index contributed by atoms with van der Waals surface area (Å²) in [6.45, 7) is 1.19. The first-order chi connectivity index (χ1) is 6.33. The first-order valence-electron chi connectivity index (χ1n) is 4.74. The van der Waals surface area contributed by atoms with Crippen molar-refractivity contribution in [3.05, 3.63) is 33.7 Å². The second-order valence-corrected chi connectivity index (χ2v) is 3.44. The predicted molar refractivity (Wildman–Crippen MR) is 51.8 cm³/mol. The summed E-state index contributed by atoms with van der Waals surface area (Å²) in [6, 6.07) is 3.61. The minimum Gasteiger partial charge on any atom is -0.329 e. The van der Waals surface area contributed by atoms with Crippen LogP contribution < -0.4 is 11.3 Å². The molecule has 0 aromatic carbocycles. The van der Waals surface area contributed by atoms with E-state index in [1.807, 2.05) is 10.6 Å². The smallest absolute Gasteiger partial charge is 0.250 e. The second-order valence-electron chi connectivity index (χ2n) is 3.44. The van der Waals surface area contributed by atoms with Gasteiger partial charge in [-0.25, -0.2) is 0 Å². The molecule has 3 nitrogen and oxygen atoms in total. The largest absolute Gasteiger partial charge is 0.329 e. The Morgan fingerprint density at radius 3 is 3.00 bits per heavy atom. The van der Waals surface area contributed by atoms with Crippen LogP contribution in [0.2, 0.25) is 0 Å². The van der Waals surface area contributed by atoms with E-state index in [1.54, 1.807) is 6.07 Å². The van der Waals surface area contributed by atoms with E-state index < -0.39 is 0 Å². The topological polar surface area (TPSA) is 48.0 Å². The van der Waals surface area contributed by atoms with E-state index in [4.69, 9.17) is 5.73 Å². The van der Waals surface area contributed by atoms with Crippen molar-refractivity contribution >= 4 is 0 Å². The van der Waals surface area contributed by atoms with Gasteiger partial charge in [-0.2, -0.15) is 0 Å². The Labute approximate surface area is 77.2 Å². The molecule has 0 fully saturated rings. The summed E-state index contributed by atoms with van der Waals surface area (Å²) in [5.74, 6) is 0. The molecule has 1 heterocycles. The van der Waals surface area contributed by atoms with Gasteiger partial charge in [-0.15, -0.1) is 0 Å². The lowest BCUT2D eigenvalue weighted by Crippen LogP contribution is -2.26. The van der Waals surface area contributed by atoms with Crippen molar-refractivity contribution in [2.75, 3.05) is 6.54 Å². The highest BCUT2D eigenvalue weighted by molar-refractivity contribution is 5.25. The zero-order valence-corrected chi connectivity index (χ0v) is 7.62. The van der Waals surface area contributed by atoms with Gasteiger partial charge in [0.2, 0.25) is 0 Å². The molecular weight excluding hydrogens is 164 g/mol. The fraction of sp³-hybridized carbons (Fsp3) is 0.500. The van der Waals surface area contributed by atoms with E-state index in [0.717, 1.165) is 12.8 Å². The number of aromatic nitrogens is 1. The molecule has 1 aromatic heterocycles. The minimum absolute atomic E-state index is 0.0890. The van der Waals surface area contributed by atoms with Gasteiger partial charge in [0.05, 0.1) is 0 Å². The van der Waals surface area contributed by atoms with E-state index >= 15 is 0 Å². The van der Waals surface area contributed by atoms with Gasteiger partial charge in [-0.05, 0) is 24.8 Å². The predicted octanol–water partition coefficient (Wildman–Crippen LogP) is 0.296. The molecule has 0 bridgehead atoms. The molecule has 0 amide bonds. The van der Waals surface area contributed by atoms with Crippen molar-refractivity contribution < 1.29 is 0 Å². The number of rotatable bonds is 2. The number of pyridine rings is 1. The van der Waals surface area contributed by atoms with Crippen LogP contribution in [-0.4, -0.2) is 11.1 Å². The van der Waals surface area contributed by atoms with Gasteiger partial charge in [-0.3, -0.25) is 4.79 Å². The highest BCUT2D eigenvalue weighted by Crippen LogP contribution is 2.19. The van der Waals surface area contributed by atoms with Gasteiger partial charge < -0.3 is 10.3 Å². The normalized spacial score (nSPS) is 14.5. The van der Waals surface area contributed by atoms with Crippen LogP contribution in [0.15, 0.2) is 16.9 Å². The van der Waals surface area contributed by atoms with Crippen LogP contribution in [0.25, 0.3) is 0 Å². The first-order valence-corrected chi connectivity index (χ1v) is 4.74. The maximum Gasteiger partial charge on any atom is 0.250 e. The van der Waals surface area contributed by atoms with Gasteiger partial charge in [0.1, 0.15) is 0 Å². The quantitative estimate of drug-likeness (QED) is 0.708. The third-order valence-corrected chi connectivity index (χ3v) is 2.60. The van der Waals surface area contributed by atoms with Crippen molar-refractivity contribution in [3.8, 4) is 0 Å². The van der Waals surface area contributed by atoms with E-state index in [-0.39, 0.29) is 5.56 Å². The number of hydrogen-bond acceptors (Lipinski definition) is 2. The standard InChI is InChI=1S/C10H14N2O/c11-6-7-12-9-3-1-2-8(9)4-5-10(12)13/h4-5H,1-3,6-7,11H2. The van der Waals surface area contributed by atoms with Crippen molar-refractivity contribution in [3.63, 3.8) is 0 Å². The molecule has 1 aliphatic carbocycles. The maximum absolute atomic E-state index is 11.5. The van der Waals surface area contributed by atoms with Crippen molar-refractivity contribution in [1.29, 1.82) is 0 Å². The highest BCUT2D eigenvalue weighted by atomic mass is 16.1. The molecule has 0 aliphatic heterocycles. The van der Waals surface area contributed by atoms with E-state index in [9.17, 15) is 4.79 Å². The third-order valence-electron chi connectivity index (χ3n) is 2.60. The Morgan fingerprint density at radius 2 is 2.23 bits per heavy atom. The summed E-state index contributed by atoms with van der Waals surface area (Å²) in [5, 5.41) is 0. The summed E-state index contributed by atoms with van der Waals surface area (Å²) < 4.78 is 1.82. The summed E-state index contributed by atoms with van der Waals surface area (Å²) in [6.07, 6.45) is 3.31. The van der Waals surface area contributed by atoms with Crippen LogP contribution >= 0.6 is 0 Å². The van der Waals surface area contributed by atoms with E-state index in [0.29, 0.717) is 13.1 Å². The SMILES string of the molecule is NCCn1c2c(ccc1=O)CCC2. The van der Waals surface area contributed by atoms with E-state index in [1.165, 1.54) is 17.7 Å². The zero-order chi connectivity index (χ0) is 9.26. The average Bonchev–Trinajstić information content (AvgIpc) is 2.58. The van der Waals surface area contributed by atoms with Crippen molar-refractivity contribution in [2.45, 2.75) is 25.8 Å². The fourth-order valence-corrected chi connectivity index (χ4v) is 2.01. The number of nitrogens with zero attached hydrogens (tertiary/aromatic N) is 1. The van der Waals surface area contributed by atoms with Crippen LogP contribution in [0, 0.1) is 0 Å². The molecule has 70 valence electrons. The number of fused-ring (bicyclic) bond motifs is 1. The zero-order valence-electron chi connectivity index (χ0n) is 7.62. The molecular formula is C10H14N2O. The third kappa shape index (κ3) is 1.40. The average molecular weight is 178 g/mol. The van der Waals surface area contributed by atoms with E-state index in [2.05, 4.69) is 0 Å². The molecule has 0 saturated heterocycles. The molecule has 0 atom stereocenters. The van der Waals surface area contributed by atoms with Gasteiger partial charge >= 0.3 is 0 Å². The number of nitrogens with two attached hydrogens (primary N) is 1. The Balaban J connectivity index is 2.52. The van der Waals surface area contributed by atoms with Gasteiger partial charge in [0.25, 0.3) is 5.56 Å². The Hall–Kier alpha value is -1.09. The van der Waals surface area contributed by atoms with Gasteiger partial charge in [-0.1, -0.05) is 6.07 Å². The molecule has 2 rings (SSSR count). The highest BCUT2D eigenvalue weighted by Gasteiger charge is 2.14.